The Hall–Kier alpha value is -4.37. The summed E-state index contributed by atoms with van der Waals surface area (Å²) in [6.45, 7) is 2.42. The predicted octanol–water partition coefficient (Wildman–Crippen LogP) is 5.34. The Labute approximate surface area is 217 Å². The van der Waals surface area contributed by atoms with Gasteiger partial charge in [0, 0.05) is 5.56 Å². The van der Waals surface area contributed by atoms with Crippen LogP contribution in [-0.2, 0) is 9.59 Å². The zero-order valence-corrected chi connectivity index (χ0v) is 21.2. The molecule has 1 saturated heterocycles. The normalized spacial score (nSPS) is 16.8. The van der Waals surface area contributed by atoms with Crippen LogP contribution in [0.2, 0.25) is 0 Å². The first-order valence-corrected chi connectivity index (χ1v) is 12.4. The monoisotopic (exact) mass is 516 g/mol. The summed E-state index contributed by atoms with van der Waals surface area (Å²) in [6.07, 6.45) is 0. The molecule has 0 bridgehead atoms. The van der Waals surface area contributed by atoms with Gasteiger partial charge < -0.3 is 19.3 Å². The molecular weight excluding hydrogens is 492 g/mol. The molecule has 3 aromatic carbocycles. The van der Waals surface area contributed by atoms with Gasteiger partial charge in [0.2, 0.25) is 0 Å². The number of nitrogens with zero attached hydrogens (tertiary/aromatic N) is 2. The van der Waals surface area contributed by atoms with E-state index in [1.807, 2.05) is 25.1 Å². The molecule has 1 amide bonds. The highest BCUT2D eigenvalue weighted by Gasteiger charge is 2.48. The topological polar surface area (TPSA) is 98.2 Å². The summed E-state index contributed by atoms with van der Waals surface area (Å²) in [5.41, 5.74) is 1.63. The van der Waals surface area contributed by atoms with Crippen LogP contribution in [0.25, 0.3) is 16.0 Å². The lowest BCUT2D eigenvalue weighted by Gasteiger charge is -2.23. The van der Waals surface area contributed by atoms with Crippen molar-refractivity contribution >= 4 is 44.1 Å². The first-order valence-electron chi connectivity index (χ1n) is 11.6. The van der Waals surface area contributed by atoms with Crippen LogP contribution in [0.4, 0.5) is 5.13 Å². The Morgan fingerprint density at radius 1 is 0.973 bits per heavy atom. The summed E-state index contributed by atoms with van der Waals surface area (Å²) in [6, 6.07) is 18.3. The second-order valence-electron chi connectivity index (χ2n) is 8.23. The zero-order valence-electron chi connectivity index (χ0n) is 20.4. The van der Waals surface area contributed by atoms with Gasteiger partial charge in [-0.15, -0.1) is 0 Å². The van der Waals surface area contributed by atoms with Crippen molar-refractivity contribution in [2.24, 2.45) is 0 Å². The minimum absolute atomic E-state index is 0.0299. The van der Waals surface area contributed by atoms with E-state index in [-0.39, 0.29) is 11.3 Å². The lowest BCUT2D eigenvalue weighted by atomic mass is 9.95. The average molecular weight is 517 g/mol. The third kappa shape index (κ3) is 4.38. The SMILES string of the molecule is CCOc1ccc2nc(N3C(=O)C(=O)C(=C(O)c4ccc(OC)cc4)[C@@H]3c3cccc(OC)c3)sc2c1. The van der Waals surface area contributed by atoms with Gasteiger partial charge in [-0.1, -0.05) is 23.5 Å². The maximum Gasteiger partial charge on any atom is 0.301 e. The van der Waals surface area contributed by atoms with E-state index in [0.29, 0.717) is 45.6 Å². The quantitative estimate of drug-likeness (QED) is 0.201. The molecule has 1 aromatic heterocycles. The Kier molecular flexibility index (Phi) is 6.54. The van der Waals surface area contributed by atoms with Gasteiger partial charge in [0.25, 0.3) is 5.78 Å². The summed E-state index contributed by atoms with van der Waals surface area (Å²) in [7, 11) is 3.08. The molecule has 37 heavy (non-hydrogen) atoms. The van der Waals surface area contributed by atoms with Crippen molar-refractivity contribution in [3.63, 3.8) is 0 Å². The second-order valence-corrected chi connectivity index (χ2v) is 9.24. The van der Waals surface area contributed by atoms with E-state index in [2.05, 4.69) is 4.98 Å². The van der Waals surface area contributed by atoms with Gasteiger partial charge in [0.05, 0.1) is 42.7 Å². The molecule has 0 unspecified atom stereocenters. The molecular formula is C28H24N2O6S. The smallest absolute Gasteiger partial charge is 0.301 e. The van der Waals surface area contributed by atoms with E-state index in [1.165, 1.54) is 23.3 Å². The largest absolute Gasteiger partial charge is 0.507 e. The third-order valence-corrected chi connectivity index (χ3v) is 7.10. The van der Waals surface area contributed by atoms with Gasteiger partial charge in [-0.2, -0.15) is 0 Å². The van der Waals surface area contributed by atoms with Gasteiger partial charge >= 0.3 is 5.91 Å². The minimum atomic E-state index is -0.913. The van der Waals surface area contributed by atoms with Gasteiger partial charge in [0.15, 0.2) is 5.13 Å². The fourth-order valence-electron chi connectivity index (χ4n) is 4.31. The summed E-state index contributed by atoms with van der Waals surface area (Å²) in [5.74, 6) is -0.00465. The van der Waals surface area contributed by atoms with Crippen LogP contribution in [0, 0.1) is 0 Å². The van der Waals surface area contributed by atoms with E-state index in [9.17, 15) is 14.7 Å². The summed E-state index contributed by atoms with van der Waals surface area (Å²) < 4.78 is 17.0. The highest BCUT2D eigenvalue weighted by Crippen LogP contribution is 2.45. The van der Waals surface area contributed by atoms with Crippen LogP contribution in [-0.4, -0.2) is 42.6 Å². The first-order chi connectivity index (χ1) is 17.9. The number of amides is 1. The number of hydrogen-bond donors (Lipinski definition) is 1. The maximum absolute atomic E-state index is 13.5. The van der Waals surface area contributed by atoms with Crippen molar-refractivity contribution in [3.8, 4) is 17.2 Å². The molecule has 1 fully saturated rings. The van der Waals surface area contributed by atoms with Gasteiger partial charge in [0.1, 0.15) is 23.0 Å². The highest BCUT2D eigenvalue weighted by molar-refractivity contribution is 7.22. The van der Waals surface area contributed by atoms with Crippen LogP contribution in [0.5, 0.6) is 17.2 Å². The number of ketones is 1. The number of carbonyl (C=O) groups excluding carboxylic acids is 2. The maximum atomic E-state index is 13.5. The fourth-order valence-corrected chi connectivity index (χ4v) is 5.33. The van der Waals surface area contributed by atoms with E-state index < -0.39 is 17.7 Å². The number of aromatic nitrogens is 1. The number of carbonyl (C=O) groups is 2. The molecule has 1 atom stereocenters. The van der Waals surface area contributed by atoms with Gasteiger partial charge in [-0.25, -0.2) is 4.98 Å². The number of fused-ring (bicyclic) bond motifs is 1. The highest BCUT2D eigenvalue weighted by atomic mass is 32.1. The number of aliphatic hydroxyl groups excluding tert-OH is 1. The molecule has 9 heteroatoms. The van der Waals surface area contributed by atoms with Crippen LogP contribution in [0.15, 0.2) is 72.3 Å². The van der Waals surface area contributed by atoms with Crippen molar-refractivity contribution in [2.45, 2.75) is 13.0 Å². The Bertz CT molecular complexity index is 1530. The van der Waals surface area contributed by atoms with E-state index in [4.69, 9.17) is 14.2 Å². The number of methoxy groups -OCH3 is 2. The van der Waals surface area contributed by atoms with Crippen molar-refractivity contribution in [3.05, 3.63) is 83.4 Å². The number of Topliss-reactive ketones (excluding diaryl/α,β-unsaturated/α-hetero) is 1. The number of aliphatic hydroxyl groups is 1. The molecule has 1 aliphatic rings. The average Bonchev–Trinajstić information content (AvgIpc) is 3.46. The third-order valence-electron chi connectivity index (χ3n) is 6.08. The van der Waals surface area contributed by atoms with Gasteiger partial charge in [-0.05, 0) is 67.1 Å². The Morgan fingerprint density at radius 3 is 2.41 bits per heavy atom. The Balaban J connectivity index is 1.69. The fraction of sp³-hybridized carbons (Fsp3) is 0.179. The Morgan fingerprint density at radius 2 is 1.70 bits per heavy atom. The van der Waals surface area contributed by atoms with Crippen LogP contribution < -0.4 is 19.1 Å². The van der Waals surface area contributed by atoms with E-state index in [0.717, 1.165) is 4.70 Å². The standard InChI is InChI=1S/C28H24N2O6S/c1-4-36-20-12-13-21-22(15-20)37-28(29-21)30-24(17-6-5-7-19(14-17)35-3)23(26(32)27(30)33)25(31)16-8-10-18(34-2)11-9-16/h5-15,24,31H,4H2,1-3H3/t24-/m0/s1. The van der Waals surface area contributed by atoms with Crippen molar-refractivity contribution < 1.29 is 28.9 Å². The molecule has 2 heterocycles. The minimum Gasteiger partial charge on any atom is -0.507 e. The number of ether oxygens (including phenoxy) is 3. The second kappa shape index (κ2) is 9.94. The van der Waals surface area contributed by atoms with Crippen LogP contribution >= 0.6 is 11.3 Å². The molecule has 1 aliphatic heterocycles. The lowest BCUT2D eigenvalue weighted by molar-refractivity contribution is -0.132. The molecule has 8 nitrogen and oxygen atoms in total. The van der Waals surface area contributed by atoms with Crippen LogP contribution in [0.1, 0.15) is 24.1 Å². The number of anilines is 1. The van der Waals surface area contributed by atoms with Crippen LogP contribution in [0.3, 0.4) is 0 Å². The molecule has 4 aromatic rings. The molecule has 1 N–H and O–H groups in total. The van der Waals surface area contributed by atoms with E-state index in [1.54, 1.807) is 55.6 Å². The van der Waals surface area contributed by atoms with Crippen molar-refractivity contribution in [2.75, 3.05) is 25.7 Å². The van der Waals surface area contributed by atoms with Crippen molar-refractivity contribution in [1.82, 2.24) is 4.98 Å². The summed E-state index contributed by atoms with van der Waals surface area (Å²) in [4.78, 5) is 32.9. The molecule has 0 aliphatic carbocycles. The number of hydrogen-bond acceptors (Lipinski definition) is 8. The first kappa shape index (κ1) is 24.3. The zero-order chi connectivity index (χ0) is 26.1. The molecule has 0 radical (unpaired) electrons. The number of rotatable bonds is 7. The molecule has 0 saturated carbocycles. The molecule has 5 rings (SSSR count). The molecule has 188 valence electrons. The summed E-state index contributed by atoms with van der Waals surface area (Å²) in [5, 5.41) is 11.6. The predicted molar refractivity (Wildman–Crippen MR) is 142 cm³/mol. The van der Waals surface area contributed by atoms with E-state index >= 15 is 0 Å². The van der Waals surface area contributed by atoms with Gasteiger partial charge in [-0.3, -0.25) is 14.5 Å². The number of benzene rings is 3. The lowest BCUT2D eigenvalue weighted by Crippen LogP contribution is -2.29. The molecule has 0 spiro atoms. The summed E-state index contributed by atoms with van der Waals surface area (Å²) >= 11 is 1.27. The number of thiazole rings is 1. The van der Waals surface area contributed by atoms with Crippen molar-refractivity contribution in [1.29, 1.82) is 0 Å².